The van der Waals surface area contributed by atoms with Gasteiger partial charge in [-0.25, -0.2) is 4.79 Å². The van der Waals surface area contributed by atoms with Gasteiger partial charge in [0.1, 0.15) is 0 Å². The van der Waals surface area contributed by atoms with Crippen LogP contribution in [0.15, 0.2) is 18.2 Å². The third kappa shape index (κ3) is 2.72. The maximum absolute atomic E-state index is 12.1. The Morgan fingerprint density at radius 1 is 1.50 bits per heavy atom. The summed E-state index contributed by atoms with van der Waals surface area (Å²) in [6, 6.07) is 6.83. The van der Waals surface area contributed by atoms with Crippen LogP contribution in [-0.2, 0) is 4.79 Å². The molecule has 20 heavy (non-hydrogen) atoms. The van der Waals surface area contributed by atoms with E-state index < -0.39 is 11.9 Å². The van der Waals surface area contributed by atoms with Crippen molar-refractivity contribution in [2.75, 3.05) is 18.4 Å². The van der Waals surface area contributed by atoms with Crippen LogP contribution in [0.2, 0.25) is 0 Å². The van der Waals surface area contributed by atoms with E-state index in [1.807, 2.05) is 0 Å². The standard InChI is InChI=1S/C14H15N3O3/c1-9-10(7-15)3-2-4-12(9)16-14(20)17-6-5-11(8-17)13(18)19/h2-4,11H,5-6,8H2,1H3,(H,16,20)(H,18,19). The van der Waals surface area contributed by atoms with Gasteiger partial charge in [0.2, 0.25) is 0 Å². The fourth-order valence-electron chi connectivity index (χ4n) is 2.23. The predicted octanol–water partition coefficient (Wildman–Crippen LogP) is 1.81. The van der Waals surface area contributed by atoms with Gasteiger partial charge >= 0.3 is 12.0 Å². The van der Waals surface area contributed by atoms with Gasteiger partial charge in [-0.3, -0.25) is 4.79 Å². The smallest absolute Gasteiger partial charge is 0.321 e. The molecule has 1 aliphatic rings. The fraction of sp³-hybridized carbons (Fsp3) is 0.357. The van der Waals surface area contributed by atoms with Crippen LogP contribution < -0.4 is 5.32 Å². The molecule has 6 nitrogen and oxygen atoms in total. The van der Waals surface area contributed by atoms with E-state index in [9.17, 15) is 9.59 Å². The minimum atomic E-state index is -0.872. The summed E-state index contributed by atoms with van der Waals surface area (Å²) < 4.78 is 0. The molecule has 1 atom stereocenters. The summed E-state index contributed by atoms with van der Waals surface area (Å²) in [4.78, 5) is 24.4. The van der Waals surface area contributed by atoms with Gasteiger partial charge in [-0.1, -0.05) is 6.07 Å². The number of benzene rings is 1. The summed E-state index contributed by atoms with van der Waals surface area (Å²) in [5, 5.41) is 20.6. The second kappa shape index (κ2) is 5.61. The number of carboxylic acids is 1. The van der Waals surface area contributed by atoms with Crippen molar-refractivity contribution < 1.29 is 14.7 Å². The SMILES string of the molecule is Cc1c(C#N)cccc1NC(=O)N1CCC(C(=O)O)C1. The number of carbonyl (C=O) groups is 2. The first-order valence-corrected chi connectivity index (χ1v) is 6.31. The Hall–Kier alpha value is -2.55. The van der Waals surface area contributed by atoms with Gasteiger partial charge in [0.25, 0.3) is 0 Å². The number of urea groups is 1. The highest BCUT2D eigenvalue weighted by atomic mass is 16.4. The van der Waals surface area contributed by atoms with Gasteiger partial charge in [-0.15, -0.1) is 0 Å². The molecule has 0 radical (unpaired) electrons. The quantitative estimate of drug-likeness (QED) is 0.859. The molecule has 104 valence electrons. The molecule has 1 heterocycles. The van der Waals surface area contributed by atoms with Crippen LogP contribution in [0.25, 0.3) is 0 Å². The van der Waals surface area contributed by atoms with Crippen molar-refractivity contribution in [3.8, 4) is 6.07 Å². The summed E-state index contributed by atoms with van der Waals surface area (Å²) in [5.74, 6) is -1.37. The van der Waals surface area contributed by atoms with Gasteiger partial charge in [0.05, 0.1) is 17.6 Å². The molecular formula is C14H15N3O3. The van der Waals surface area contributed by atoms with Crippen molar-refractivity contribution in [2.24, 2.45) is 5.92 Å². The average Bonchev–Trinajstić information content (AvgIpc) is 2.91. The first-order chi connectivity index (χ1) is 9.52. The predicted molar refractivity (Wildman–Crippen MR) is 72.2 cm³/mol. The van der Waals surface area contributed by atoms with E-state index in [0.29, 0.717) is 29.8 Å². The van der Waals surface area contributed by atoms with Crippen molar-refractivity contribution in [1.29, 1.82) is 5.26 Å². The lowest BCUT2D eigenvalue weighted by Crippen LogP contribution is -2.34. The minimum Gasteiger partial charge on any atom is -0.481 e. The lowest BCUT2D eigenvalue weighted by atomic mass is 10.1. The number of nitriles is 1. The molecule has 1 aromatic carbocycles. The maximum Gasteiger partial charge on any atom is 0.321 e. The third-order valence-electron chi connectivity index (χ3n) is 3.52. The van der Waals surface area contributed by atoms with E-state index >= 15 is 0 Å². The maximum atomic E-state index is 12.1. The number of aliphatic carboxylic acids is 1. The molecule has 1 unspecified atom stereocenters. The lowest BCUT2D eigenvalue weighted by Gasteiger charge is -2.18. The van der Waals surface area contributed by atoms with E-state index in [0.717, 1.165) is 0 Å². The Balaban J connectivity index is 2.06. The second-order valence-electron chi connectivity index (χ2n) is 4.79. The van der Waals surface area contributed by atoms with Gasteiger partial charge in [-0.05, 0) is 31.0 Å². The number of rotatable bonds is 2. The molecule has 0 aromatic heterocycles. The summed E-state index contributed by atoms with van der Waals surface area (Å²) >= 11 is 0. The van der Waals surface area contributed by atoms with Crippen LogP contribution in [-0.4, -0.2) is 35.1 Å². The minimum absolute atomic E-state index is 0.220. The van der Waals surface area contributed by atoms with E-state index in [-0.39, 0.29) is 12.6 Å². The number of carboxylic acid groups (broad SMARTS) is 1. The first-order valence-electron chi connectivity index (χ1n) is 6.31. The average molecular weight is 273 g/mol. The van der Waals surface area contributed by atoms with Crippen molar-refractivity contribution in [1.82, 2.24) is 4.90 Å². The van der Waals surface area contributed by atoms with Gasteiger partial charge < -0.3 is 15.3 Å². The van der Waals surface area contributed by atoms with Crippen LogP contribution in [0.1, 0.15) is 17.5 Å². The molecule has 0 bridgehead atoms. The highest BCUT2D eigenvalue weighted by molar-refractivity contribution is 5.91. The number of amides is 2. The van der Waals surface area contributed by atoms with Gasteiger partial charge in [0, 0.05) is 18.8 Å². The number of hydrogen-bond donors (Lipinski definition) is 2. The molecule has 1 aliphatic heterocycles. The molecule has 2 amide bonds. The molecule has 2 rings (SSSR count). The number of nitrogens with one attached hydrogen (secondary N) is 1. The highest BCUT2D eigenvalue weighted by Crippen LogP contribution is 2.21. The molecule has 2 N–H and O–H groups in total. The molecular weight excluding hydrogens is 258 g/mol. The Labute approximate surface area is 116 Å². The zero-order valence-electron chi connectivity index (χ0n) is 11.1. The van der Waals surface area contributed by atoms with E-state index in [4.69, 9.17) is 10.4 Å². The monoisotopic (exact) mass is 273 g/mol. The van der Waals surface area contributed by atoms with E-state index in [1.165, 1.54) is 4.90 Å². The zero-order valence-corrected chi connectivity index (χ0v) is 11.1. The summed E-state index contributed by atoms with van der Waals surface area (Å²) in [6.07, 6.45) is 0.472. The third-order valence-corrected chi connectivity index (χ3v) is 3.52. The van der Waals surface area contributed by atoms with Crippen LogP contribution >= 0.6 is 0 Å². The second-order valence-corrected chi connectivity index (χ2v) is 4.79. The fourth-order valence-corrected chi connectivity index (χ4v) is 2.23. The molecule has 0 aliphatic carbocycles. The topological polar surface area (TPSA) is 93.4 Å². The van der Waals surface area contributed by atoms with E-state index in [1.54, 1.807) is 25.1 Å². The van der Waals surface area contributed by atoms with Crippen LogP contribution in [0.3, 0.4) is 0 Å². The number of carbonyl (C=O) groups excluding carboxylic acids is 1. The van der Waals surface area contributed by atoms with Gasteiger partial charge in [-0.2, -0.15) is 5.26 Å². The highest BCUT2D eigenvalue weighted by Gasteiger charge is 2.30. The number of likely N-dealkylation sites (tertiary alicyclic amines) is 1. The van der Waals surface area contributed by atoms with Crippen molar-refractivity contribution in [3.05, 3.63) is 29.3 Å². The Morgan fingerprint density at radius 2 is 2.25 bits per heavy atom. The number of hydrogen-bond acceptors (Lipinski definition) is 3. The van der Waals surface area contributed by atoms with E-state index in [2.05, 4.69) is 11.4 Å². The first kappa shape index (κ1) is 13.9. The molecule has 1 aromatic rings. The summed E-state index contributed by atoms with van der Waals surface area (Å²) in [6.45, 7) is 2.41. The van der Waals surface area contributed by atoms with Crippen LogP contribution in [0.4, 0.5) is 10.5 Å². The van der Waals surface area contributed by atoms with Crippen molar-refractivity contribution in [3.63, 3.8) is 0 Å². The zero-order chi connectivity index (χ0) is 14.7. The van der Waals surface area contributed by atoms with Crippen LogP contribution in [0, 0.1) is 24.2 Å². The molecule has 0 saturated carbocycles. The molecule has 6 heteroatoms. The molecule has 1 fully saturated rings. The normalized spacial score (nSPS) is 17.6. The van der Waals surface area contributed by atoms with Crippen molar-refractivity contribution in [2.45, 2.75) is 13.3 Å². The number of nitrogens with zero attached hydrogens (tertiary/aromatic N) is 2. The number of anilines is 1. The summed E-state index contributed by atoms with van der Waals surface area (Å²) in [7, 11) is 0. The Morgan fingerprint density at radius 3 is 2.85 bits per heavy atom. The van der Waals surface area contributed by atoms with Crippen LogP contribution in [0.5, 0.6) is 0 Å². The Kier molecular flexibility index (Phi) is 3.89. The Bertz CT molecular complexity index is 592. The lowest BCUT2D eigenvalue weighted by molar-refractivity contribution is -0.141. The molecule has 0 spiro atoms. The molecule has 1 saturated heterocycles. The van der Waals surface area contributed by atoms with Gasteiger partial charge in [0.15, 0.2) is 0 Å². The summed E-state index contributed by atoms with van der Waals surface area (Å²) in [5.41, 5.74) is 1.79. The largest absolute Gasteiger partial charge is 0.481 e. The van der Waals surface area contributed by atoms with Crippen molar-refractivity contribution >= 4 is 17.7 Å².